The summed E-state index contributed by atoms with van der Waals surface area (Å²) in [5.41, 5.74) is 9.25. The van der Waals surface area contributed by atoms with Crippen molar-refractivity contribution in [2.75, 3.05) is 0 Å². The monoisotopic (exact) mass is 259 g/mol. The molecule has 4 heteroatoms. The molecule has 0 spiro atoms. The molecule has 0 radical (unpaired) electrons. The summed E-state index contributed by atoms with van der Waals surface area (Å²) in [5, 5.41) is 0. The van der Waals surface area contributed by atoms with Crippen LogP contribution in [0.15, 0.2) is 30.7 Å². The fourth-order valence-corrected chi connectivity index (χ4v) is 2.05. The molecule has 1 atom stereocenters. The minimum absolute atomic E-state index is 0.0355. The summed E-state index contributed by atoms with van der Waals surface area (Å²) in [7, 11) is 0. The smallest absolute Gasteiger partial charge is 0.130 e. The largest absolute Gasteiger partial charge is 0.487 e. The van der Waals surface area contributed by atoms with Crippen LogP contribution in [0, 0.1) is 6.92 Å². The number of imidazole rings is 1. The van der Waals surface area contributed by atoms with Crippen molar-refractivity contribution in [1.82, 2.24) is 9.55 Å². The predicted molar refractivity (Wildman–Crippen MR) is 76.0 cm³/mol. The first-order valence-electron chi connectivity index (χ1n) is 6.59. The zero-order valence-corrected chi connectivity index (χ0v) is 11.8. The van der Waals surface area contributed by atoms with Gasteiger partial charge in [0.2, 0.25) is 0 Å². The summed E-state index contributed by atoms with van der Waals surface area (Å²) in [6, 6.07) is 6.09. The van der Waals surface area contributed by atoms with Gasteiger partial charge in [0.05, 0.1) is 18.2 Å². The Balaban J connectivity index is 2.17. The lowest BCUT2D eigenvalue weighted by atomic mass is 10.1. The average molecular weight is 259 g/mol. The molecule has 19 heavy (non-hydrogen) atoms. The van der Waals surface area contributed by atoms with Gasteiger partial charge in [0.25, 0.3) is 0 Å². The highest BCUT2D eigenvalue weighted by atomic mass is 16.5. The number of aryl methyl sites for hydroxylation is 2. The van der Waals surface area contributed by atoms with Crippen LogP contribution < -0.4 is 10.5 Å². The molecule has 0 amide bonds. The van der Waals surface area contributed by atoms with Crippen molar-refractivity contribution in [3.8, 4) is 5.75 Å². The van der Waals surface area contributed by atoms with Gasteiger partial charge in [-0.2, -0.15) is 0 Å². The number of rotatable bonds is 5. The molecule has 102 valence electrons. The fourth-order valence-electron chi connectivity index (χ4n) is 2.05. The Hall–Kier alpha value is -1.81. The maximum Gasteiger partial charge on any atom is 0.130 e. The van der Waals surface area contributed by atoms with E-state index in [1.165, 1.54) is 5.56 Å². The minimum atomic E-state index is -0.0355. The maximum absolute atomic E-state index is 5.97. The van der Waals surface area contributed by atoms with E-state index in [4.69, 9.17) is 10.5 Å². The standard InChI is InChI=1S/C15H21N3O/c1-4-18-10-17-8-13(18)9-19-15-7-11(2)5-6-14(15)12(3)16/h5-8,10,12H,4,9,16H2,1-3H3/t12-/m1/s1. The normalized spacial score (nSPS) is 12.4. The molecule has 0 unspecified atom stereocenters. The zero-order valence-electron chi connectivity index (χ0n) is 11.8. The van der Waals surface area contributed by atoms with E-state index in [1.54, 1.807) is 0 Å². The molecule has 1 aromatic heterocycles. The van der Waals surface area contributed by atoms with E-state index in [0.717, 1.165) is 23.6 Å². The summed E-state index contributed by atoms with van der Waals surface area (Å²) >= 11 is 0. The number of aromatic nitrogens is 2. The molecule has 0 aliphatic heterocycles. The Morgan fingerprint density at radius 3 is 2.89 bits per heavy atom. The molecular formula is C15H21N3O. The second-order valence-electron chi connectivity index (χ2n) is 4.79. The van der Waals surface area contributed by atoms with E-state index in [0.29, 0.717) is 6.61 Å². The average Bonchev–Trinajstić information content (AvgIpc) is 2.83. The van der Waals surface area contributed by atoms with E-state index >= 15 is 0 Å². The third-order valence-corrected chi connectivity index (χ3v) is 3.17. The Morgan fingerprint density at radius 1 is 1.42 bits per heavy atom. The van der Waals surface area contributed by atoms with Gasteiger partial charge in [-0.1, -0.05) is 12.1 Å². The van der Waals surface area contributed by atoms with Crippen molar-refractivity contribution in [1.29, 1.82) is 0 Å². The number of ether oxygens (including phenoxy) is 1. The van der Waals surface area contributed by atoms with Crippen molar-refractivity contribution in [3.63, 3.8) is 0 Å². The van der Waals surface area contributed by atoms with Crippen LogP contribution in [-0.4, -0.2) is 9.55 Å². The van der Waals surface area contributed by atoms with Crippen molar-refractivity contribution in [2.45, 2.75) is 40.0 Å². The number of hydrogen-bond acceptors (Lipinski definition) is 3. The van der Waals surface area contributed by atoms with Gasteiger partial charge in [-0.05, 0) is 32.4 Å². The van der Waals surface area contributed by atoms with Crippen LogP contribution in [0.2, 0.25) is 0 Å². The molecule has 2 aromatic rings. The third-order valence-electron chi connectivity index (χ3n) is 3.17. The van der Waals surface area contributed by atoms with Gasteiger partial charge in [-0.3, -0.25) is 0 Å². The van der Waals surface area contributed by atoms with Crippen molar-refractivity contribution < 1.29 is 4.74 Å². The van der Waals surface area contributed by atoms with Crippen LogP contribution in [0.3, 0.4) is 0 Å². The minimum Gasteiger partial charge on any atom is -0.487 e. The van der Waals surface area contributed by atoms with Gasteiger partial charge in [-0.15, -0.1) is 0 Å². The molecule has 1 heterocycles. The fraction of sp³-hybridized carbons (Fsp3) is 0.400. The predicted octanol–water partition coefficient (Wildman–Crippen LogP) is 2.81. The lowest BCUT2D eigenvalue weighted by Gasteiger charge is -2.15. The Morgan fingerprint density at radius 2 is 2.21 bits per heavy atom. The second kappa shape index (κ2) is 5.89. The third kappa shape index (κ3) is 3.15. The summed E-state index contributed by atoms with van der Waals surface area (Å²) in [6.45, 7) is 7.51. The van der Waals surface area contributed by atoms with Gasteiger partial charge in [0.15, 0.2) is 0 Å². The number of nitrogens with two attached hydrogens (primary N) is 1. The van der Waals surface area contributed by atoms with Crippen LogP contribution in [0.1, 0.15) is 36.7 Å². The van der Waals surface area contributed by atoms with Gasteiger partial charge >= 0.3 is 0 Å². The first-order chi connectivity index (χ1) is 9.11. The summed E-state index contributed by atoms with van der Waals surface area (Å²) in [6.07, 6.45) is 3.66. The summed E-state index contributed by atoms with van der Waals surface area (Å²) < 4.78 is 8.00. The van der Waals surface area contributed by atoms with Gasteiger partial charge < -0.3 is 15.0 Å². The van der Waals surface area contributed by atoms with Crippen molar-refractivity contribution in [2.24, 2.45) is 5.73 Å². The molecular weight excluding hydrogens is 238 g/mol. The molecule has 0 aliphatic carbocycles. The molecule has 2 rings (SSSR count). The van der Waals surface area contributed by atoms with Gasteiger partial charge in [0, 0.05) is 18.2 Å². The highest BCUT2D eigenvalue weighted by Crippen LogP contribution is 2.25. The molecule has 0 saturated carbocycles. The molecule has 0 aliphatic rings. The number of hydrogen-bond donors (Lipinski definition) is 1. The van der Waals surface area contributed by atoms with E-state index in [9.17, 15) is 0 Å². The number of benzene rings is 1. The van der Waals surface area contributed by atoms with Crippen LogP contribution in [-0.2, 0) is 13.2 Å². The quantitative estimate of drug-likeness (QED) is 0.898. The maximum atomic E-state index is 5.97. The SMILES string of the molecule is CCn1cncc1COc1cc(C)ccc1[C@@H](C)N. The van der Waals surface area contributed by atoms with Crippen LogP contribution in [0.4, 0.5) is 0 Å². The van der Waals surface area contributed by atoms with Crippen LogP contribution in [0.25, 0.3) is 0 Å². The Bertz CT molecular complexity index is 546. The number of nitrogens with zero attached hydrogens (tertiary/aromatic N) is 2. The zero-order chi connectivity index (χ0) is 13.8. The van der Waals surface area contributed by atoms with Crippen molar-refractivity contribution >= 4 is 0 Å². The summed E-state index contributed by atoms with van der Waals surface area (Å²) in [5.74, 6) is 0.860. The van der Waals surface area contributed by atoms with E-state index in [-0.39, 0.29) is 6.04 Å². The van der Waals surface area contributed by atoms with Gasteiger partial charge in [-0.25, -0.2) is 4.98 Å². The lowest BCUT2D eigenvalue weighted by Crippen LogP contribution is -2.09. The summed E-state index contributed by atoms with van der Waals surface area (Å²) in [4.78, 5) is 4.14. The molecule has 0 saturated heterocycles. The molecule has 4 nitrogen and oxygen atoms in total. The van der Waals surface area contributed by atoms with E-state index in [2.05, 4.69) is 22.5 Å². The molecule has 1 aromatic carbocycles. The van der Waals surface area contributed by atoms with Crippen LogP contribution in [0.5, 0.6) is 5.75 Å². The highest BCUT2D eigenvalue weighted by molar-refractivity contribution is 5.39. The topological polar surface area (TPSA) is 53.1 Å². The first-order valence-corrected chi connectivity index (χ1v) is 6.59. The lowest BCUT2D eigenvalue weighted by molar-refractivity contribution is 0.291. The Kier molecular flexibility index (Phi) is 4.22. The van der Waals surface area contributed by atoms with E-state index in [1.807, 2.05) is 38.5 Å². The highest BCUT2D eigenvalue weighted by Gasteiger charge is 2.09. The van der Waals surface area contributed by atoms with Crippen LogP contribution >= 0.6 is 0 Å². The van der Waals surface area contributed by atoms with E-state index < -0.39 is 0 Å². The molecule has 0 fully saturated rings. The molecule has 2 N–H and O–H groups in total. The second-order valence-corrected chi connectivity index (χ2v) is 4.79. The van der Waals surface area contributed by atoms with Crippen molar-refractivity contribution in [3.05, 3.63) is 47.5 Å². The Labute approximate surface area is 114 Å². The van der Waals surface area contributed by atoms with Gasteiger partial charge in [0.1, 0.15) is 12.4 Å². The first kappa shape index (κ1) is 13.6. The molecule has 0 bridgehead atoms.